The van der Waals surface area contributed by atoms with Gasteiger partial charge in [-0.3, -0.25) is 9.59 Å². The van der Waals surface area contributed by atoms with Crippen molar-refractivity contribution in [2.45, 2.75) is 50.7 Å². The Labute approximate surface area is 227 Å². The third-order valence-electron chi connectivity index (χ3n) is 7.47. The molecule has 202 valence electrons. The van der Waals surface area contributed by atoms with Crippen molar-refractivity contribution >= 4 is 28.5 Å². The van der Waals surface area contributed by atoms with Gasteiger partial charge in [0.2, 0.25) is 11.8 Å². The molecule has 0 radical (unpaired) electrons. The van der Waals surface area contributed by atoms with Crippen LogP contribution < -0.4 is 14.8 Å². The van der Waals surface area contributed by atoms with Crippen molar-refractivity contribution in [1.82, 2.24) is 19.9 Å². The van der Waals surface area contributed by atoms with Crippen molar-refractivity contribution in [3.8, 4) is 11.5 Å². The number of nitrogens with zero attached hydrogens (tertiary/aromatic N) is 4. The fraction of sp³-hybridized carbons (Fsp3) is 0.333. The van der Waals surface area contributed by atoms with Crippen molar-refractivity contribution in [2.75, 3.05) is 19.5 Å². The molecule has 1 aromatic heterocycles. The van der Waals surface area contributed by atoms with E-state index in [2.05, 4.69) is 15.6 Å². The Morgan fingerprint density at radius 2 is 1.69 bits per heavy atom. The standard InChI is InChI=1S/C30H33N5O4/c1-38-23-15-16-25(27(19-23)39-2)31-29(37)30(17-9-4-10-18-30)34(20-22-11-5-3-6-12-22)28(36)21-35-26-14-8-7-13-24(26)32-33-35/h3,5-8,11-16,19H,4,9-10,17-18,20-21H2,1-2H3,(H,31,37). The third-order valence-corrected chi connectivity index (χ3v) is 7.47. The summed E-state index contributed by atoms with van der Waals surface area (Å²) in [6, 6.07) is 22.6. The molecule has 3 aromatic carbocycles. The topological polar surface area (TPSA) is 98.6 Å². The van der Waals surface area contributed by atoms with E-state index in [9.17, 15) is 9.59 Å². The van der Waals surface area contributed by atoms with Gasteiger partial charge in [-0.2, -0.15) is 0 Å². The van der Waals surface area contributed by atoms with Crippen LogP contribution in [-0.2, 0) is 22.7 Å². The quantitative estimate of drug-likeness (QED) is 0.335. The minimum absolute atomic E-state index is 0.0196. The smallest absolute Gasteiger partial charge is 0.250 e. The SMILES string of the molecule is COc1ccc(NC(=O)C2(N(Cc3ccccc3)C(=O)Cn3nnc4ccccc43)CCCCC2)c(OC)c1. The average Bonchev–Trinajstić information content (AvgIpc) is 3.39. The lowest BCUT2D eigenvalue weighted by molar-refractivity contribution is -0.149. The fourth-order valence-corrected chi connectivity index (χ4v) is 5.39. The van der Waals surface area contributed by atoms with Gasteiger partial charge in [0.15, 0.2) is 0 Å². The van der Waals surface area contributed by atoms with E-state index in [1.54, 1.807) is 42.0 Å². The Balaban J connectivity index is 1.51. The number of methoxy groups -OCH3 is 2. The second-order valence-corrected chi connectivity index (χ2v) is 9.81. The Morgan fingerprint density at radius 3 is 2.44 bits per heavy atom. The van der Waals surface area contributed by atoms with Gasteiger partial charge in [0.25, 0.3) is 0 Å². The van der Waals surface area contributed by atoms with Crippen molar-refractivity contribution < 1.29 is 19.1 Å². The molecule has 1 heterocycles. The lowest BCUT2D eigenvalue weighted by Gasteiger charge is -2.45. The lowest BCUT2D eigenvalue weighted by atomic mass is 9.78. The third kappa shape index (κ3) is 5.43. The summed E-state index contributed by atoms with van der Waals surface area (Å²) < 4.78 is 12.4. The van der Waals surface area contributed by atoms with E-state index < -0.39 is 5.54 Å². The Kier molecular flexibility index (Phi) is 7.76. The molecule has 1 fully saturated rings. The van der Waals surface area contributed by atoms with Crippen LogP contribution in [0.15, 0.2) is 72.8 Å². The number of rotatable bonds is 9. The van der Waals surface area contributed by atoms with Crippen LogP contribution in [-0.4, -0.2) is 51.5 Å². The number of anilines is 1. The number of nitrogens with one attached hydrogen (secondary N) is 1. The zero-order chi connectivity index (χ0) is 27.2. The summed E-state index contributed by atoms with van der Waals surface area (Å²) in [7, 11) is 3.13. The van der Waals surface area contributed by atoms with Crippen LogP contribution in [0.25, 0.3) is 11.0 Å². The van der Waals surface area contributed by atoms with Crippen LogP contribution in [0.3, 0.4) is 0 Å². The van der Waals surface area contributed by atoms with E-state index in [0.29, 0.717) is 36.6 Å². The number of amides is 2. The van der Waals surface area contributed by atoms with Crippen molar-refractivity contribution in [3.05, 3.63) is 78.4 Å². The lowest BCUT2D eigenvalue weighted by Crippen LogP contribution is -2.60. The second-order valence-electron chi connectivity index (χ2n) is 9.81. The van der Waals surface area contributed by atoms with Gasteiger partial charge in [-0.25, -0.2) is 4.68 Å². The molecular formula is C30H33N5O4. The summed E-state index contributed by atoms with van der Waals surface area (Å²) in [5, 5.41) is 11.5. The van der Waals surface area contributed by atoms with E-state index in [4.69, 9.17) is 9.47 Å². The van der Waals surface area contributed by atoms with E-state index in [-0.39, 0.29) is 18.4 Å². The molecule has 1 N–H and O–H groups in total. The predicted molar refractivity (Wildman–Crippen MR) is 149 cm³/mol. The molecule has 0 aliphatic heterocycles. The second kappa shape index (κ2) is 11.6. The van der Waals surface area contributed by atoms with Gasteiger partial charge >= 0.3 is 0 Å². The number of hydrogen-bond acceptors (Lipinski definition) is 6. The number of carbonyl (C=O) groups is 2. The highest BCUT2D eigenvalue weighted by Gasteiger charge is 2.47. The van der Waals surface area contributed by atoms with Crippen molar-refractivity contribution in [2.24, 2.45) is 0 Å². The van der Waals surface area contributed by atoms with E-state index >= 15 is 0 Å². The monoisotopic (exact) mass is 527 g/mol. The maximum atomic E-state index is 14.2. The summed E-state index contributed by atoms with van der Waals surface area (Å²) >= 11 is 0. The molecule has 0 saturated heterocycles. The molecule has 39 heavy (non-hydrogen) atoms. The number of para-hydroxylation sites is 1. The molecule has 2 amide bonds. The number of benzene rings is 3. The van der Waals surface area contributed by atoms with Crippen molar-refractivity contribution in [1.29, 1.82) is 0 Å². The first-order chi connectivity index (χ1) is 19.0. The molecule has 9 heteroatoms. The van der Waals surface area contributed by atoms with Gasteiger partial charge in [-0.15, -0.1) is 5.10 Å². The van der Waals surface area contributed by atoms with Crippen LogP contribution in [0, 0.1) is 0 Å². The van der Waals surface area contributed by atoms with Gasteiger partial charge in [-0.1, -0.05) is 66.9 Å². The summed E-state index contributed by atoms with van der Waals surface area (Å²) in [5.41, 5.74) is 1.94. The summed E-state index contributed by atoms with van der Waals surface area (Å²) in [5.74, 6) is 0.702. The molecule has 1 aliphatic rings. The molecule has 9 nitrogen and oxygen atoms in total. The van der Waals surface area contributed by atoms with Gasteiger partial charge in [-0.05, 0) is 42.7 Å². The average molecular weight is 528 g/mol. The minimum Gasteiger partial charge on any atom is -0.497 e. The number of carbonyl (C=O) groups excluding carboxylic acids is 2. The van der Waals surface area contributed by atoms with E-state index in [1.165, 1.54) is 0 Å². The highest BCUT2D eigenvalue weighted by molar-refractivity contribution is 6.01. The minimum atomic E-state index is -1.04. The van der Waals surface area contributed by atoms with E-state index in [1.807, 2.05) is 54.6 Å². The molecular weight excluding hydrogens is 494 g/mol. The maximum absolute atomic E-state index is 14.2. The molecule has 0 spiro atoms. The zero-order valence-corrected chi connectivity index (χ0v) is 22.3. The molecule has 4 aromatic rings. The van der Waals surface area contributed by atoms with Crippen LogP contribution in [0.5, 0.6) is 11.5 Å². The van der Waals surface area contributed by atoms with Crippen LogP contribution in [0.4, 0.5) is 5.69 Å². The first-order valence-electron chi connectivity index (χ1n) is 13.2. The number of hydrogen-bond donors (Lipinski definition) is 1. The highest BCUT2D eigenvalue weighted by atomic mass is 16.5. The Hall–Kier alpha value is -4.40. The number of fused-ring (bicyclic) bond motifs is 1. The van der Waals surface area contributed by atoms with Gasteiger partial charge in [0.05, 0.1) is 25.4 Å². The fourth-order valence-electron chi connectivity index (χ4n) is 5.39. The maximum Gasteiger partial charge on any atom is 0.250 e. The summed E-state index contributed by atoms with van der Waals surface area (Å²) in [6.07, 6.45) is 3.83. The first-order valence-corrected chi connectivity index (χ1v) is 13.2. The van der Waals surface area contributed by atoms with Gasteiger partial charge < -0.3 is 19.7 Å². The van der Waals surface area contributed by atoms with Crippen LogP contribution in [0.2, 0.25) is 0 Å². The molecule has 1 saturated carbocycles. The van der Waals surface area contributed by atoms with Gasteiger partial charge in [0, 0.05) is 12.6 Å². The predicted octanol–water partition coefficient (Wildman–Crippen LogP) is 4.82. The normalized spacial score (nSPS) is 14.5. The van der Waals surface area contributed by atoms with Crippen LogP contribution >= 0.6 is 0 Å². The largest absolute Gasteiger partial charge is 0.497 e. The summed E-state index contributed by atoms with van der Waals surface area (Å²) in [6.45, 7) is 0.285. The van der Waals surface area contributed by atoms with Crippen LogP contribution in [0.1, 0.15) is 37.7 Å². The van der Waals surface area contributed by atoms with Gasteiger partial charge in [0.1, 0.15) is 29.1 Å². The number of ether oxygens (including phenoxy) is 2. The Bertz CT molecular complexity index is 1450. The molecule has 0 unspecified atom stereocenters. The Morgan fingerprint density at radius 1 is 0.949 bits per heavy atom. The zero-order valence-electron chi connectivity index (χ0n) is 22.3. The molecule has 5 rings (SSSR count). The summed E-state index contributed by atoms with van der Waals surface area (Å²) in [4.78, 5) is 30.1. The first kappa shape index (κ1) is 26.2. The molecule has 1 aliphatic carbocycles. The van der Waals surface area contributed by atoms with Crippen molar-refractivity contribution in [3.63, 3.8) is 0 Å². The highest BCUT2D eigenvalue weighted by Crippen LogP contribution is 2.38. The number of aromatic nitrogens is 3. The molecule has 0 bridgehead atoms. The molecule has 0 atom stereocenters. The van der Waals surface area contributed by atoms with E-state index in [0.717, 1.165) is 35.9 Å².